The minimum atomic E-state index is -4.66. The molecule has 24 heavy (non-hydrogen) atoms. The van der Waals surface area contributed by atoms with Crippen molar-refractivity contribution in [3.63, 3.8) is 0 Å². The third-order valence-electron chi connectivity index (χ3n) is 3.84. The summed E-state index contributed by atoms with van der Waals surface area (Å²) in [6.45, 7) is 2.30. The summed E-state index contributed by atoms with van der Waals surface area (Å²) in [5.74, 6) is -0.205. The fourth-order valence-electron chi connectivity index (χ4n) is 2.79. The van der Waals surface area contributed by atoms with E-state index in [-0.39, 0.29) is 10.9 Å². The molecule has 1 saturated heterocycles. The summed E-state index contributed by atoms with van der Waals surface area (Å²) < 4.78 is 40.4. The number of rotatable bonds is 6. The predicted octanol–water partition coefficient (Wildman–Crippen LogP) is 2.28. The molecule has 0 saturated carbocycles. The Kier molecular flexibility index (Phi) is 6.64. The van der Waals surface area contributed by atoms with E-state index in [0.717, 1.165) is 31.4 Å². The van der Waals surface area contributed by atoms with Gasteiger partial charge in [0.2, 0.25) is 0 Å². The van der Waals surface area contributed by atoms with Crippen LogP contribution >= 0.6 is 12.2 Å². The molecular formula is C15H21F3N4OS. The Morgan fingerprint density at radius 3 is 2.62 bits per heavy atom. The van der Waals surface area contributed by atoms with Crippen LogP contribution in [0, 0.1) is 0 Å². The van der Waals surface area contributed by atoms with Crippen molar-refractivity contribution in [3.05, 3.63) is 29.8 Å². The lowest BCUT2D eigenvalue weighted by Crippen LogP contribution is -2.50. The van der Waals surface area contributed by atoms with Gasteiger partial charge in [-0.05, 0) is 49.3 Å². The summed E-state index contributed by atoms with van der Waals surface area (Å²) in [5, 5.41) is 0.192. The molecular weight excluding hydrogens is 341 g/mol. The van der Waals surface area contributed by atoms with Gasteiger partial charge in [0.05, 0.1) is 0 Å². The van der Waals surface area contributed by atoms with Gasteiger partial charge in [0, 0.05) is 19.1 Å². The Balaban J connectivity index is 1.90. The van der Waals surface area contributed by atoms with E-state index in [0.29, 0.717) is 19.1 Å². The molecule has 0 aromatic heterocycles. The first-order chi connectivity index (χ1) is 11.3. The number of likely N-dealkylation sites (tertiary alicyclic amines) is 1. The molecule has 0 radical (unpaired) electrons. The van der Waals surface area contributed by atoms with Crippen LogP contribution in [0.15, 0.2) is 24.3 Å². The van der Waals surface area contributed by atoms with E-state index >= 15 is 0 Å². The summed E-state index contributed by atoms with van der Waals surface area (Å²) in [7, 11) is 0. The number of nitrogens with one attached hydrogen (secondary N) is 2. The molecule has 1 fully saturated rings. The number of hydrazine groups is 1. The Labute approximate surface area is 144 Å². The lowest BCUT2D eigenvalue weighted by molar-refractivity contribution is -0.274. The standard InChI is InChI=1S/C15H21F3N4OS/c16-15(17,18)23-13-6-4-11(5-7-13)10-22-8-2-1-3-12(22)9-20-21-14(19)24/h4-7,12,20H,1-3,8-10H2,(H3,19,21,24). The van der Waals surface area contributed by atoms with Gasteiger partial charge in [-0.2, -0.15) is 0 Å². The second-order valence-corrected chi connectivity index (χ2v) is 6.12. The Morgan fingerprint density at radius 2 is 2.00 bits per heavy atom. The molecule has 1 aromatic rings. The third kappa shape index (κ3) is 6.50. The van der Waals surface area contributed by atoms with E-state index in [4.69, 9.17) is 18.0 Å². The van der Waals surface area contributed by atoms with Crippen LogP contribution in [-0.4, -0.2) is 35.5 Å². The zero-order valence-corrected chi connectivity index (χ0v) is 13.9. The molecule has 5 nitrogen and oxygen atoms in total. The number of thiocarbonyl (C=S) groups is 1. The van der Waals surface area contributed by atoms with E-state index in [2.05, 4.69) is 20.5 Å². The van der Waals surface area contributed by atoms with E-state index in [1.807, 2.05) is 0 Å². The Bertz CT molecular complexity index is 539. The fraction of sp³-hybridized carbons (Fsp3) is 0.533. The van der Waals surface area contributed by atoms with Gasteiger partial charge >= 0.3 is 6.36 Å². The predicted molar refractivity (Wildman–Crippen MR) is 89.1 cm³/mol. The molecule has 0 amide bonds. The van der Waals surface area contributed by atoms with Crippen molar-refractivity contribution in [2.75, 3.05) is 13.1 Å². The van der Waals surface area contributed by atoms with Crippen molar-refractivity contribution in [3.8, 4) is 5.75 Å². The number of ether oxygens (including phenoxy) is 1. The van der Waals surface area contributed by atoms with E-state index in [9.17, 15) is 13.2 Å². The molecule has 134 valence electrons. The van der Waals surface area contributed by atoms with Crippen LogP contribution in [0.5, 0.6) is 5.75 Å². The number of nitrogens with zero attached hydrogens (tertiary/aromatic N) is 1. The summed E-state index contributed by atoms with van der Waals surface area (Å²) in [6.07, 6.45) is -1.37. The van der Waals surface area contributed by atoms with Gasteiger partial charge in [0.1, 0.15) is 5.75 Å². The minimum absolute atomic E-state index is 0.192. The van der Waals surface area contributed by atoms with E-state index in [1.165, 1.54) is 12.1 Å². The molecule has 1 atom stereocenters. The van der Waals surface area contributed by atoms with Gasteiger partial charge in [-0.3, -0.25) is 10.3 Å². The zero-order chi connectivity index (χ0) is 17.6. The molecule has 1 heterocycles. The normalized spacial score (nSPS) is 19.0. The lowest BCUT2D eigenvalue weighted by atomic mass is 10.0. The second-order valence-electron chi connectivity index (χ2n) is 5.68. The topological polar surface area (TPSA) is 62.5 Å². The number of piperidine rings is 1. The van der Waals surface area contributed by atoms with Gasteiger partial charge in [0.25, 0.3) is 0 Å². The summed E-state index contributed by atoms with van der Waals surface area (Å²) in [5.41, 5.74) is 12.0. The zero-order valence-electron chi connectivity index (χ0n) is 13.1. The van der Waals surface area contributed by atoms with E-state index < -0.39 is 6.36 Å². The minimum Gasteiger partial charge on any atom is -0.406 e. The molecule has 1 aliphatic rings. The molecule has 1 aromatic carbocycles. The average molecular weight is 362 g/mol. The number of benzene rings is 1. The first-order valence-electron chi connectivity index (χ1n) is 7.70. The van der Waals surface area contributed by atoms with Crippen LogP contribution < -0.4 is 21.3 Å². The van der Waals surface area contributed by atoms with Crippen molar-refractivity contribution >= 4 is 17.3 Å². The van der Waals surface area contributed by atoms with Crippen molar-refractivity contribution in [1.29, 1.82) is 0 Å². The van der Waals surface area contributed by atoms with Gasteiger partial charge in [0.15, 0.2) is 5.11 Å². The van der Waals surface area contributed by atoms with Crippen molar-refractivity contribution < 1.29 is 17.9 Å². The molecule has 1 aliphatic heterocycles. The number of halogens is 3. The van der Waals surface area contributed by atoms with Gasteiger partial charge in [-0.15, -0.1) is 13.2 Å². The van der Waals surface area contributed by atoms with Crippen LogP contribution in [0.3, 0.4) is 0 Å². The number of hydrogen-bond acceptors (Lipinski definition) is 4. The van der Waals surface area contributed by atoms with Gasteiger partial charge < -0.3 is 10.5 Å². The van der Waals surface area contributed by atoms with Crippen molar-refractivity contribution in [1.82, 2.24) is 15.8 Å². The maximum absolute atomic E-state index is 12.2. The van der Waals surface area contributed by atoms with Crippen molar-refractivity contribution in [2.45, 2.75) is 38.2 Å². The SMILES string of the molecule is NC(=S)NNCC1CCCCN1Cc1ccc(OC(F)(F)F)cc1. The molecule has 1 unspecified atom stereocenters. The smallest absolute Gasteiger partial charge is 0.406 e. The molecule has 2 rings (SSSR count). The Hall–Kier alpha value is -1.58. The Morgan fingerprint density at radius 1 is 1.29 bits per heavy atom. The van der Waals surface area contributed by atoms with Gasteiger partial charge in [-0.1, -0.05) is 18.6 Å². The molecule has 9 heteroatoms. The van der Waals surface area contributed by atoms with E-state index in [1.54, 1.807) is 12.1 Å². The van der Waals surface area contributed by atoms with Gasteiger partial charge in [-0.25, -0.2) is 5.43 Å². The highest BCUT2D eigenvalue weighted by Crippen LogP contribution is 2.24. The van der Waals surface area contributed by atoms with Crippen LogP contribution in [-0.2, 0) is 6.54 Å². The van der Waals surface area contributed by atoms with Crippen LogP contribution in [0.25, 0.3) is 0 Å². The van der Waals surface area contributed by atoms with Crippen LogP contribution in [0.4, 0.5) is 13.2 Å². The first kappa shape index (κ1) is 18.8. The summed E-state index contributed by atoms with van der Waals surface area (Å²) in [4.78, 5) is 2.30. The fourth-order valence-corrected chi connectivity index (χ4v) is 2.86. The van der Waals surface area contributed by atoms with Crippen molar-refractivity contribution in [2.24, 2.45) is 5.73 Å². The van der Waals surface area contributed by atoms with Crippen LogP contribution in [0.1, 0.15) is 24.8 Å². The highest BCUT2D eigenvalue weighted by atomic mass is 32.1. The molecule has 0 spiro atoms. The highest BCUT2D eigenvalue weighted by molar-refractivity contribution is 7.80. The lowest BCUT2D eigenvalue weighted by Gasteiger charge is -2.36. The largest absolute Gasteiger partial charge is 0.573 e. The third-order valence-corrected chi connectivity index (χ3v) is 3.94. The molecule has 4 N–H and O–H groups in total. The number of alkyl halides is 3. The molecule has 0 aliphatic carbocycles. The van der Waals surface area contributed by atoms with Crippen LogP contribution in [0.2, 0.25) is 0 Å². The average Bonchev–Trinajstić information content (AvgIpc) is 2.49. The number of hydrogen-bond donors (Lipinski definition) is 3. The monoisotopic (exact) mass is 362 g/mol. The summed E-state index contributed by atoms with van der Waals surface area (Å²) in [6, 6.07) is 6.32. The first-order valence-corrected chi connectivity index (χ1v) is 8.11. The highest BCUT2D eigenvalue weighted by Gasteiger charge is 2.31. The number of nitrogens with two attached hydrogens (primary N) is 1. The summed E-state index contributed by atoms with van der Waals surface area (Å²) >= 11 is 4.75. The maximum Gasteiger partial charge on any atom is 0.573 e. The molecule has 0 bridgehead atoms. The maximum atomic E-state index is 12.2. The second kappa shape index (κ2) is 8.50. The quantitative estimate of drug-likeness (QED) is 0.533.